The van der Waals surface area contributed by atoms with Gasteiger partial charge < -0.3 is 18.9 Å². The summed E-state index contributed by atoms with van der Waals surface area (Å²) in [4.78, 5) is 18.4. The molecule has 0 bridgehead atoms. The van der Waals surface area contributed by atoms with Gasteiger partial charge in [-0.2, -0.15) is 4.98 Å². The first-order valence-corrected chi connectivity index (χ1v) is 7.50. The summed E-state index contributed by atoms with van der Waals surface area (Å²) in [5, 5.41) is 3.79. The van der Waals surface area contributed by atoms with Crippen LogP contribution in [-0.2, 0) is 17.9 Å². The van der Waals surface area contributed by atoms with Crippen LogP contribution < -0.4 is 4.74 Å². The molecule has 2 rings (SSSR count). The fourth-order valence-electron chi connectivity index (χ4n) is 2.10. The van der Waals surface area contributed by atoms with Gasteiger partial charge in [0.2, 0.25) is 5.89 Å². The molecule has 23 heavy (non-hydrogen) atoms. The van der Waals surface area contributed by atoms with Crippen LogP contribution in [-0.4, -0.2) is 41.2 Å². The van der Waals surface area contributed by atoms with E-state index in [0.717, 1.165) is 0 Å². The Balaban J connectivity index is 2.09. The average Bonchev–Trinajstić information content (AvgIpc) is 3.00. The summed E-state index contributed by atoms with van der Waals surface area (Å²) in [5.41, 5.74) is 0.564. The Labute approximate surface area is 135 Å². The lowest BCUT2D eigenvalue weighted by molar-refractivity contribution is 0.0734. The van der Waals surface area contributed by atoms with Crippen molar-refractivity contribution >= 4 is 5.91 Å². The third-order valence-corrected chi connectivity index (χ3v) is 3.17. The van der Waals surface area contributed by atoms with Crippen LogP contribution in [0.2, 0.25) is 0 Å². The fraction of sp³-hybridized carbons (Fsp3) is 0.438. The van der Waals surface area contributed by atoms with Gasteiger partial charge in [0, 0.05) is 19.2 Å². The zero-order valence-corrected chi connectivity index (χ0v) is 13.6. The molecule has 1 amide bonds. The average molecular weight is 319 g/mol. The Bertz CT molecular complexity index is 642. The largest absolute Gasteiger partial charge is 0.494 e. The van der Waals surface area contributed by atoms with Crippen LogP contribution in [0.15, 0.2) is 28.8 Å². The number of hydrogen-bond donors (Lipinski definition) is 0. The number of methoxy groups -OCH3 is 1. The standard InChI is InChI=1S/C16H21N3O4/c1-4-19(10-15-17-14(11-21-3)18-23-15)16(20)12-7-6-8-13(9-12)22-5-2/h6-9H,4-5,10-11H2,1-3H3. The maximum atomic E-state index is 12.6. The highest BCUT2D eigenvalue weighted by molar-refractivity contribution is 5.94. The Kier molecular flexibility index (Phi) is 6.10. The van der Waals surface area contributed by atoms with Gasteiger partial charge in [-0.1, -0.05) is 11.2 Å². The van der Waals surface area contributed by atoms with Gasteiger partial charge in [-0.3, -0.25) is 4.79 Å². The molecule has 0 saturated carbocycles. The van der Waals surface area contributed by atoms with Crippen molar-refractivity contribution in [2.75, 3.05) is 20.3 Å². The minimum Gasteiger partial charge on any atom is -0.494 e. The summed E-state index contributed by atoms with van der Waals surface area (Å²) in [6.45, 7) is 5.42. The molecule has 2 aromatic rings. The number of benzene rings is 1. The molecule has 0 N–H and O–H groups in total. The van der Waals surface area contributed by atoms with E-state index in [1.807, 2.05) is 19.9 Å². The molecule has 7 heteroatoms. The van der Waals surface area contributed by atoms with Gasteiger partial charge in [-0.25, -0.2) is 0 Å². The van der Waals surface area contributed by atoms with Gasteiger partial charge in [0.1, 0.15) is 18.9 Å². The lowest BCUT2D eigenvalue weighted by atomic mass is 10.2. The second kappa shape index (κ2) is 8.28. The zero-order valence-electron chi connectivity index (χ0n) is 13.6. The first kappa shape index (κ1) is 17.0. The summed E-state index contributed by atoms with van der Waals surface area (Å²) >= 11 is 0. The third-order valence-electron chi connectivity index (χ3n) is 3.17. The maximum Gasteiger partial charge on any atom is 0.254 e. The predicted molar refractivity (Wildman–Crippen MR) is 83.0 cm³/mol. The minimum absolute atomic E-state index is 0.111. The smallest absolute Gasteiger partial charge is 0.254 e. The van der Waals surface area contributed by atoms with Gasteiger partial charge in [0.25, 0.3) is 5.91 Å². The van der Waals surface area contributed by atoms with Crippen molar-refractivity contribution in [3.8, 4) is 5.75 Å². The third kappa shape index (κ3) is 4.53. The van der Waals surface area contributed by atoms with E-state index >= 15 is 0 Å². The van der Waals surface area contributed by atoms with Crippen molar-refractivity contribution in [1.29, 1.82) is 0 Å². The molecule has 0 aliphatic carbocycles. The summed E-state index contributed by atoms with van der Waals surface area (Å²) in [6, 6.07) is 7.12. The van der Waals surface area contributed by atoms with E-state index in [0.29, 0.717) is 36.2 Å². The van der Waals surface area contributed by atoms with Crippen molar-refractivity contribution in [2.24, 2.45) is 0 Å². The molecule has 7 nitrogen and oxygen atoms in total. The van der Waals surface area contributed by atoms with Gasteiger partial charge in [0.05, 0.1) is 6.61 Å². The molecule has 0 atom stereocenters. The van der Waals surface area contributed by atoms with Gasteiger partial charge in [-0.15, -0.1) is 0 Å². The second-order valence-corrected chi connectivity index (χ2v) is 4.82. The van der Waals surface area contributed by atoms with Crippen LogP contribution in [0, 0.1) is 0 Å². The van der Waals surface area contributed by atoms with Crippen molar-refractivity contribution in [2.45, 2.75) is 27.0 Å². The number of ether oxygens (including phenoxy) is 2. The molecule has 0 saturated heterocycles. The Morgan fingerprint density at radius 1 is 1.35 bits per heavy atom. The number of carbonyl (C=O) groups is 1. The quantitative estimate of drug-likeness (QED) is 0.743. The highest BCUT2D eigenvalue weighted by Crippen LogP contribution is 2.16. The van der Waals surface area contributed by atoms with Crippen LogP contribution in [0.3, 0.4) is 0 Å². The van der Waals surface area contributed by atoms with E-state index in [2.05, 4.69) is 10.1 Å². The van der Waals surface area contributed by atoms with E-state index in [4.69, 9.17) is 14.0 Å². The van der Waals surface area contributed by atoms with Crippen molar-refractivity contribution < 1.29 is 18.8 Å². The van der Waals surface area contributed by atoms with Crippen molar-refractivity contribution in [1.82, 2.24) is 15.0 Å². The van der Waals surface area contributed by atoms with Gasteiger partial charge in [0.15, 0.2) is 5.82 Å². The predicted octanol–water partition coefficient (Wildman–Crippen LogP) is 2.28. The van der Waals surface area contributed by atoms with E-state index in [9.17, 15) is 4.79 Å². The molecular formula is C16H21N3O4. The lowest BCUT2D eigenvalue weighted by Crippen LogP contribution is -2.30. The molecule has 0 unspecified atom stereocenters. The SMILES string of the molecule is CCOc1cccc(C(=O)N(CC)Cc2nc(COC)no2)c1. The summed E-state index contributed by atoms with van der Waals surface area (Å²) in [5.74, 6) is 1.41. The summed E-state index contributed by atoms with van der Waals surface area (Å²) in [7, 11) is 1.56. The number of amides is 1. The Morgan fingerprint density at radius 3 is 2.87 bits per heavy atom. The molecule has 0 radical (unpaired) electrons. The molecule has 1 heterocycles. The zero-order chi connectivity index (χ0) is 16.7. The number of rotatable bonds is 8. The number of hydrogen-bond acceptors (Lipinski definition) is 6. The topological polar surface area (TPSA) is 77.7 Å². The molecule has 0 spiro atoms. The summed E-state index contributed by atoms with van der Waals surface area (Å²) < 4.78 is 15.5. The highest BCUT2D eigenvalue weighted by atomic mass is 16.5. The minimum atomic E-state index is -0.111. The number of aromatic nitrogens is 2. The maximum absolute atomic E-state index is 12.6. The van der Waals surface area contributed by atoms with Crippen molar-refractivity contribution in [3.05, 3.63) is 41.5 Å². The molecule has 1 aromatic heterocycles. The van der Waals surface area contributed by atoms with Crippen molar-refractivity contribution in [3.63, 3.8) is 0 Å². The summed E-state index contributed by atoms with van der Waals surface area (Å²) in [6.07, 6.45) is 0. The number of carbonyl (C=O) groups excluding carboxylic acids is 1. The molecule has 1 aromatic carbocycles. The number of nitrogens with zero attached hydrogens (tertiary/aromatic N) is 3. The Morgan fingerprint density at radius 2 is 2.17 bits per heavy atom. The molecular weight excluding hydrogens is 298 g/mol. The van der Waals surface area contributed by atoms with Gasteiger partial charge in [-0.05, 0) is 32.0 Å². The second-order valence-electron chi connectivity index (χ2n) is 4.82. The van der Waals surface area contributed by atoms with Crippen LogP contribution in [0.4, 0.5) is 0 Å². The van der Waals surface area contributed by atoms with Crippen LogP contribution in [0.25, 0.3) is 0 Å². The monoisotopic (exact) mass is 319 g/mol. The fourth-order valence-corrected chi connectivity index (χ4v) is 2.10. The van der Waals surface area contributed by atoms with E-state index < -0.39 is 0 Å². The van der Waals surface area contributed by atoms with Crippen LogP contribution in [0.5, 0.6) is 5.75 Å². The molecule has 0 aliphatic rings. The molecule has 0 aliphatic heterocycles. The Hall–Kier alpha value is -2.41. The van der Waals surface area contributed by atoms with Gasteiger partial charge >= 0.3 is 0 Å². The molecule has 124 valence electrons. The van der Waals surface area contributed by atoms with E-state index in [1.54, 1.807) is 30.2 Å². The van der Waals surface area contributed by atoms with E-state index in [-0.39, 0.29) is 19.1 Å². The first-order valence-electron chi connectivity index (χ1n) is 7.50. The lowest BCUT2D eigenvalue weighted by Gasteiger charge is -2.19. The van der Waals surface area contributed by atoms with E-state index in [1.165, 1.54) is 0 Å². The van der Waals surface area contributed by atoms with Crippen LogP contribution in [0.1, 0.15) is 35.9 Å². The normalized spacial score (nSPS) is 10.6. The highest BCUT2D eigenvalue weighted by Gasteiger charge is 2.18. The molecule has 0 fully saturated rings. The van der Waals surface area contributed by atoms with Crippen LogP contribution >= 0.6 is 0 Å². The first-order chi connectivity index (χ1) is 11.2.